The van der Waals surface area contributed by atoms with Crippen molar-refractivity contribution in [3.63, 3.8) is 0 Å². The fourth-order valence-electron chi connectivity index (χ4n) is 3.13. The summed E-state index contributed by atoms with van der Waals surface area (Å²) >= 11 is 0. The lowest BCUT2D eigenvalue weighted by atomic mass is 10.1. The van der Waals surface area contributed by atoms with Gasteiger partial charge in [-0.2, -0.15) is 0 Å². The molecule has 1 saturated heterocycles. The molecule has 2 aromatic heterocycles. The first-order valence-electron chi connectivity index (χ1n) is 8.95. The number of rotatable bonds is 3. The minimum absolute atomic E-state index is 0.00221. The summed E-state index contributed by atoms with van der Waals surface area (Å²) in [6.45, 7) is 12.7. The Balaban J connectivity index is 1.58. The van der Waals surface area contributed by atoms with Gasteiger partial charge in [0, 0.05) is 56.9 Å². The van der Waals surface area contributed by atoms with E-state index in [1.165, 1.54) is 5.56 Å². The minimum Gasteiger partial charge on any atom is -0.348 e. The third-order valence-electron chi connectivity index (χ3n) is 4.87. The molecule has 0 spiro atoms. The maximum Gasteiger partial charge on any atom is 0.255 e. The van der Waals surface area contributed by atoms with Crippen molar-refractivity contribution in [2.45, 2.75) is 39.8 Å². The molecule has 1 aliphatic heterocycles. The molecule has 0 N–H and O–H groups in total. The molecule has 0 aromatic carbocycles. The molecule has 134 valence electrons. The average molecular weight is 340 g/mol. The molecule has 5 nitrogen and oxygen atoms in total. The molecule has 5 heteroatoms. The van der Waals surface area contributed by atoms with Gasteiger partial charge in [0.2, 0.25) is 0 Å². The minimum atomic E-state index is -0.00221. The van der Waals surface area contributed by atoms with Gasteiger partial charge in [-0.05, 0) is 45.4 Å². The summed E-state index contributed by atoms with van der Waals surface area (Å²) in [5.74, 6) is 0.136. The van der Waals surface area contributed by atoms with E-state index < -0.39 is 0 Å². The zero-order valence-electron chi connectivity index (χ0n) is 15.7. The third-order valence-corrected chi connectivity index (χ3v) is 4.87. The number of carbonyl (C=O) groups is 1. The van der Waals surface area contributed by atoms with Gasteiger partial charge in [-0.1, -0.05) is 6.07 Å². The van der Waals surface area contributed by atoms with E-state index in [-0.39, 0.29) is 11.4 Å². The van der Waals surface area contributed by atoms with Crippen molar-refractivity contribution in [1.82, 2.24) is 19.4 Å². The van der Waals surface area contributed by atoms with E-state index in [1.54, 1.807) is 0 Å². The van der Waals surface area contributed by atoms with Crippen LogP contribution in [-0.2, 0) is 12.1 Å². The van der Waals surface area contributed by atoms with Crippen LogP contribution in [0.15, 0.2) is 36.8 Å². The van der Waals surface area contributed by atoms with Crippen LogP contribution >= 0.6 is 0 Å². The van der Waals surface area contributed by atoms with E-state index in [2.05, 4.69) is 48.2 Å². The number of hydrogen-bond acceptors (Lipinski definition) is 3. The first kappa shape index (κ1) is 17.7. The fourth-order valence-corrected chi connectivity index (χ4v) is 3.13. The Kier molecular flexibility index (Phi) is 4.95. The predicted molar refractivity (Wildman–Crippen MR) is 99.6 cm³/mol. The topological polar surface area (TPSA) is 41.4 Å². The van der Waals surface area contributed by atoms with Gasteiger partial charge in [0.05, 0.1) is 11.3 Å². The zero-order chi connectivity index (χ0) is 18.0. The molecule has 0 bridgehead atoms. The zero-order valence-corrected chi connectivity index (χ0v) is 15.7. The molecule has 0 aliphatic carbocycles. The molecule has 3 heterocycles. The molecule has 3 rings (SSSR count). The van der Waals surface area contributed by atoms with Crippen LogP contribution in [0.2, 0.25) is 0 Å². The number of nitrogens with zero attached hydrogens (tertiary/aromatic N) is 4. The average Bonchev–Trinajstić information content (AvgIpc) is 3.07. The van der Waals surface area contributed by atoms with Gasteiger partial charge in [-0.25, -0.2) is 0 Å². The van der Waals surface area contributed by atoms with Crippen LogP contribution in [0.4, 0.5) is 0 Å². The molecule has 0 atom stereocenters. The lowest BCUT2D eigenvalue weighted by Gasteiger charge is -2.34. The highest BCUT2D eigenvalue weighted by atomic mass is 16.2. The quantitative estimate of drug-likeness (QED) is 0.863. The highest BCUT2D eigenvalue weighted by Crippen LogP contribution is 2.18. The molecule has 1 fully saturated rings. The standard InChI is InChI=1S/C20H28N4O/c1-16-6-5-8-21-18(16)15-22-10-12-23(13-11-22)19(25)17-7-9-24(14-17)20(2,3)4/h5-9,14H,10-13,15H2,1-4H3. The van der Waals surface area contributed by atoms with Gasteiger partial charge in [-0.15, -0.1) is 0 Å². The second kappa shape index (κ2) is 7.00. The second-order valence-electron chi connectivity index (χ2n) is 7.81. The number of amides is 1. The van der Waals surface area contributed by atoms with Crippen LogP contribution in [0.25, 0.3) is 0 Å². The molecule has 0 radical (unpaired) electrons. The summed E-state index contributed by atoms with van der Waals surface area (Å²) < 4.78 is 2.10. The predicted octanol–water partition coefficient (Wildman–Crippen LogP) is 2.90. The molecule has 1 amide bonds. The Morgan fingerprint density at radius 1 is 1.16 bits per heavy atom. The third kappa shape index (κ3) is 4.10. The van der Waals surface area contributed by atoms with Crippen LogP contribution in [0.3, 0.4) is 0 Å². The Bertz CT molecular complexity index is 736. The van der Waals surface area contributed by atoms with Gasteiger partial charge >= 0.3 is 0 Å². The van der Waals surface area contributed by atoms with E-state index >= 15 is 0 Å². The molecule has 0 saturated carbocycles. The van der Waals surface area contributed by atoms with Crippen molar-refractivity contribution >= 4 is 5.91 Å². The summed E-state index contributed by atoms with van der Waals surface area (Å²) in [6.07, 6.45) is 5.81. The largest absolute Gasteiger partial charge is 0.348 e. The SMILES string of the molecule is Cc1cccnc1CN1CCN(C(=O)c2ccn(C(C)(C)C)c2)CC1. The van der Waals surface area contributed by atoms with Gasteiger partial charge < -0.3 is 9.47 Å². The number of aryl methyl sites for hydroxylation is 1. The highest BCUT2D eigenvalue weighted by molar-refractivity contribution is 5.94. The van der Waals surface area contributed by atoms with E-state index in [1.807, 2.05) is 35.6 Å². The number of hydrogen-bond donors (Lipinski definition) is 0. The monoisotopic (exact) mass is 340 g/mol. The summed E-state index contributed by atoms with van der Waals surface area (Å²) in [5.41, 5.74) is 3.13. The lowest BCUT2D eigenvalue weighted by molar-refractivity contribution is 0.0626. The van der Waals surface area contributed by atoms with Gasteiger partial charge in [0.25, 0.3) is 5.91 Å². The van der Waals surface area contributed by atoms with Crippen molar-refractivity contribution in [3.8, 4) is 0 Å². The number of carbonyl (C=O) groups excluding carboxylic acids is 1. The first-order valence-corrected chi connectivity index (χ1v) is 8.95. The van der Waals surface area contributed by atoms with Crippen LogP contribution in [0, 0.1) is 6.92 Å². The molecule has 25 heavy (non-hydrogen) atoms. The molecular weight excluding hydrogens is 312 g/mol. The van der Waals surface area contributed by atoms with Crippen molar-refractivity contribution in [1.29, 1.82) is 0 Å². The van der Waals surface area contributed by atoms with Gasteiger partial charge in [-0.3, -0.25) is 14.7 Å². The summed E-state index contributed by atoms with van der Waals surface area (Å²) in [5, 5.41) is 0. The maximum absolute atomic E-state index is 12.7. The Hall–Kier alpha value is -2.14. The van der Waals surface area contributed by atoms with Crippen LogP contribution in [0.1, 0.15) is 42.4 Å². The molecule has 0 unspecified atom stereocenters. The van der Waals surface area contributed by atoms with Crippen molar-refractivity contribution in [2.24, 2.45) is 0 Å². The number of aromatic nitrogens is 2. The van der Waals surface area contributed by atoms with Crippen molar-refractivity contribution < 1.29 is 4.79 Å². The summed E-state index contributed by atoms with van der Waals surface area (Å²) in [6, 6.07) is 6.00. The first-order chi connectivity index (χ1) is 11.8. The fraction of sp³-hybridized carbons (Fsp3) is 0.500. The van der Waals surface area contributed by atoms with E-state index in [0.717, 1.165) is 44.0 Å². The molecule has 1 aliphatic rings. The Morgan fingerprint density at radius 3 is 2.48 bits per heavy atom. The van der Waals surface area contributed by atoms with E-state index in [4.69, 9.17) is 0 Å². The van der Waals surface area contributed by atoms with Crippen LogP contribution in [0.5, 0.6) is 0 Å². The normalized spacial score (nSPS) is 16.2. The summed E-state index contributed by atoms with van der Waals surface area (Å²) in [4.78, 5) is 21.6. The maximum atomic E-state index is 12.7. The van der Waals surface area contributed by atoms with Gasteiger partial charge in [0.15, 0.2) is 0 Å². The van der Waals surface area contributed by atoms with Crippen molar-refractivity contribution in [3.05, 3.63) is 53.6 Å². The molecular formula is C20H28N4O. The van der Waals surface area contributed by atoms with E-state index in [9.17, 15) is 4.79 Å². The van der Waals surface area contributed by atoms with Crippen molar-refractivity contribution in [2.75, 3.05) is 26.2 Å². The van der Waals surface area contributed by atoms with E-state index in [0.29, 0.717) is 0 Å². The van der Waals surface area contributed by atoms with Gasteiger partial charge in [0.1, 0.15) is 0 Å². The summed E-state index contributed by atoms with van der Waals surface area (Å²) in [7, 11) is 0. The molecule has 2 aromatic rings. The Labute approximate surface area is 150 Å². The second-order valence-corrected chi connectivity index (χ2v) is 7.81. The number of piperazine rings is 1. The smallest absolute Gasteiger partial charge is 0.255 e. The number of pyridine rings is 1. The highest BCUT2D eigenvalue weighted by Gasteiger charge is 2.24. The lowest BCUT2D eigenvalue weighted by Crippen LogP contribution is -2.48. The van der Waals surface area contributed by atoms with Crippen LogP contribution in [-0.4, -0.2) is 51.4 Å². The van der Waals surface area contributed by atoms with Crippen LogP contribution < -0.4 is 0 Å². The Morgan fingerprint density at radius 2 is 1.88 bits per heavy atom.